The molecular formula is C21H22OS5. The van der Waals surface area contributed by atoms with E-state index < -0.39 is 0 Å². The topological polar surface area (TPSA) is 9.23 Å². The van der Waals surface area contributed by atoms with Gasteiger partial charge in [0.25, 0.3) is 0 Å². The molecule has 0 aliphatic rings. The molecule has 0 aliphatic heterocycles. The summed E-state index contributed by atoms with van der Waals surface area (Å²) in [4.78, 5) is 6.77. The number of fused-ring (bicyclic) bond motifs is 3. The molecule has 3 rings (SSSR count). The molecular weight excluding hydrogens is 429 g/mol. The number of rotatable bonds is 10. The summed E-state index contributed by atoms with van der Waals surface area (Å²) in [6.45, 7) is 22.1. The zero-order chi connectivity index (χ0) is 19.6. The Balaban J connectivity index is 1.77. The summed E-state index contributed by atoms with van der Waals surface area (Å²) >= 11 is 8.81. The van der Waals surface area contributed by atoms with E-state index in [2.05, 4.69) is 38.4 Å². The molecule has 3 aromatic rings. The van der Waals surface area contributed by atoms with Gasteiger partial charge in [0.1, 0.15) is 0 Å². The van der Waals surface area contributed by atoms with Gasteiger partial charge in [-0.2, -0.15) is 0 Å². The first kappa shape index (κ1) is 21.0. The van der Waals surface area contributed by atoms with Gasteiger partial charge in [-0.25, -0.2) is 0 Å². The van der Waals surface area contributed by atoms with Crippen LogP contribution in [0.5, 0.6) is 0 Å². The molecule has 0 unspecified atom stereocenters. The van der Waals surface area contributed by atoms with Gasteiger partial charge < -0.3 is 4.74 Å². The molecule has 0 spiro atoms. The highest BCUT2D eigenvalue weighted by Gasteiger charge is 2.16. The molecule has 0 aromatic carbocycles. The van der Waals surface area contributed by atoms with Crippen LogP contribution in [0.2, 0.25) is 0 Å². The van der Waals surface area contributed by atoms with Crippen LogP contribution in [0.15, 0.2) is 48.3 Å². The smallest absolute Gasteiger partial charge is 0.0636 e. The molecule has 27 heavy (non-hydrogen) atoms. The Kier molecular flexibility index (Phi) is 7.11. The van der Waals surface area contributed by atoms with Crippen LogP contribution < -0.4 is 0 Å². The van der Waals surface area contributed by atoms with Crippen molar-refractivity contribution in [2.24, 2.45) is 0 Å². The molecule has 0 radical (unpaired) electrons. The molecule has 0 fully saturated rings. The Labute approximate surface area is 181 Å². The van der Waals surface area contributed by atoms with Crippen LogP contribution in [-0.4, -0.2) is 13.2 Å². The summed E-state index contributed by atoms with van der Waals surface area (Å²) in [5, 5.41) is 0. The molecule has 6 heteroatoms. The van der Waals surface area contributed by atoms with Crippen molar-refractivity contribution in [2.75, 3.05) is 13.2 Å². The average Bonchev–Trinajstić information content (AvgIpc) is 3.24. The molecule has 0 saturated heterocycles. The summed E-state index contributed by atoms with van der Waals surface area (Å²) < 4.78 is 10.8. The third-order valence-electron chi connectivity index (χ3n) is 3.67. The fourth-order valence-corrected chi connectivity index (χ4v) is 8.00. The number of allylic oxidation sites excluding steroid dienone is 1. The minimum atomic E-state index is 0.722. The first-order valence-corrected chi connectivity index (χ1v) is 12.6. The Morgan fingerprint density at radius 2 is 1.48 bits per heavy atom. The van der Waals surface area contributed by atoms with E-state index in [4.69, 9.17) is 4.74 Å². The maximum Gasteiger partial charge on any atom is 0.0636 e. The summed E-state index contributed by atoms with van der Waals surface area (Å²) in [5.41, 5.74) is 0. The largest absolute Gasteiger partial charge is 0.381 e. The van der Waals surface area contributed by atoms with Gasteiger partial charge in [0.05, 0.1) is 16.0 Å². The van der Waals surface area contributed by atoms with Gasteiger partial charge in [0.15, 0.2) is 0 Å². The van der Waals surface area contributed by atoms with Gasteiger partial charge >= 0.3 is 0 Å². The molecule has 3 heterocycles. The lowest BCUT2D eigenvalue weighted by molar-refractivity contribution is 0.152. The van der Waals surface area contributed by atoms with Crippen molar-refractivity contribution in [3.8, 4) is 0 Å². The number of thiophene rings is 3. The van der Waals surface area contributed by atoms with Crippen LogP contribution >= 0.6 is 57.5 Å². The minimum absolute atomic E-state index is 0.722. The van der Waals surface area contributed by atoms with Gasteiger partial charge in [-0.1, -0.05) is 49.8 Å². The second kappa shape index (κ2) is 9.16. The van der Waals surface area contributed by atoms with Crippen LogP contribution in [0.4, 0.5) is 0 Å². The second-order valence-corrected chi connectivity index (χ2v) is 11.8. The first-order valence-electron chi connectivity index (χ1n) is 8.50. The third kappa shape index (κ3) is 5.00. The molecule has 0 saturated carbocycles. The predicted octanol–water partition coefficient (Wildman–Crippen LogP) is 9.06. The van der Waals surface area contributed by atoms with E-state index in [1.54, 1.807) is 23.5 Å². The third-order valence-corrected chi connectivity index (χ3v) is 9.59. The minimum Gasteiger partial charge on any atom is -0.381 e. The van der Waals surface area contributed by atoms with Crippen molar-refractivity contribution < 1.29 is 4.74 Å². The summed E-state index contributed by atoms with van der Waals surface area (Å²) in [6, 6.07) is 4.52. The van der Waals surface area contributed by atoms with Gasteiger partial charge in [-0.3, -0.25) is 0 Å². The lowest BCUT2D eigenvalue weighted by Crippen LogP contribution is -1.93. The Bertz CT molecular complexity index is 1030. The van der Waals surface area contributed by atoms with Gasteiger partial charge in [-0.15, -0.1) is 34.0 Å². The van der Waals surface area contributed by atoms with E-state index in [1.807, 2.05) is 47.9 Å². The highest BCUT2D eigenvalue weighted by atomic mass is 32.2. The Morgan fingerprint density at radius 1 is 0.926 bits per heavy atom. The molecule has 0 aliphatic carbocycles. The van der Waals surface area contributed by atoms with Crippen molar-refractivity contribution in [1.29, 1.82) is 0 Å². The molecule has 142 valence electrons. The maximum atomic E-state index is 5.41. The molecule has 0 N–H and O–H groups in total. The Morgan fingerprint density at radius 3 is 2.00 bits per heavy atom. The van der Waals surface area contributed by atoms with E-state index >= 15 is 0 Å². The monoisotopic (exact) mass is 450 g/mol. The number of hydrogen-bond acceptors (Lipinski definition) is 6. The number of ether oxygens (including phenoxy) is 1. The molecule has 3 aromatic heterocycles. The van der Waals surface area contributed by atoms with Crippen LogP contribution in [0, 0.1) is 0 Å². The van der Waals surface area contributed by atoms with Crippen molar-refractivity contribution in [1.82, 2.24) is 0 Å². The van der Waals surface area contributed by atoms with E-state index in [0.717, 1.165) is 39.3 Å². The molecule has 1 nitrogen and oxygen atoms in total. The van der Waals surface area contributed by atoms with Crippen molar-refractivity contribution in [3.05, 3.63) is 58.0 Å². The van der Waals surface area contributed by atoms with Crippen LogP contribution in [0.3, 0.4) is 0 Å². The average molecular weight is 451 g/mol. The number of hydrogen-bond donors (Lipinski definition) is 0. The second-order valence-electron chi connectivity index (χ2n) is 5.95. The van der Waals surface area contributed by atoms with Crippen LogP contribution in [-0.2, 0) is 4.74 Å². The highest BCUT2D eigenvalue weighted by Crippen LogP contribution is 2.49. The first-order chi connectivity index (χ1) is 12.9. The van der Waals surface area contributed by atoms with Gasteiger partial charge in [0, 0.05) is 42.0 Å². The van der Waals surface area contributed by atoms with Gasteiger partial charge in [0.2, 0.25) is 0 Å². The zero-order valence-corrected chi connectivity index (χ0v) is 19.6. The standard InChI is InChI=1S/C21H22OS5/c1-7-22-9-8-13(4)24-15(6)17-11-19-21(27-17)20-18(25-19)10-16(26-20)14(5)23-12(2)3/h10-11H,2,4-9H2,1,3H3. The summed E-state index contributed by atoms with van der Waals surface area (Å²) in [5.74, 6) is 0. The van der Waals surface area contributed by atoms with E-state index in [1.165, 1.54) is 28.6 Å². The van der Waals surface area contributed by atoms with E-state index in [0.29, 0.717) is 0 Å². The molecule has 0 bridgehead atoms. The predicted molar refractivity (Wildman–Crippen MR) is 133 cm³/mol. The summed E-state index contributed by atoms with van der Waals surface area (Å²) in [6.07, 6.45) is 0.859. The normalized spacial score (nSPS) is 11.3. The van der Waals surface area contributed by atoms with Crippen LogP contribution in [0.25, 0.3) is 28.6 Å². The zero-order valence-electron chi connectivity index (χ0n) is 15.6. The van der Waals surface area contributed by atoms with E-state index in [-0.39, 0.29) is 0 Å². The van der Waals surface area contributed by atoms with Crippen molar-refractivity contribution in [2.45, 2.75) is 20.3 Å². The number of thioether (sulfide) groups is 2. The molecule has 0 amide bonds. The molecule has 0 atom stereocenters. The fourth-order valence-electron chi connectivity index (χ4n) is 2.48. The van der Waals surface area contributed by atoms with E-state index in [9.17, 15) is 0 Å². The quantitative estimate of drug-likeness (QED) is 0.285. The van der Waals surface area contributed by atoms with Gasteiger partial charge in [-0.05, 0) is 35.8 Å². The summed E-state index contributed by atoms with van der Waals surface area (Å²) in [7, 11) is 0. The lowest BCUT2D eigenvalue weighted by atomic mass is 10.4. The fraction of sp³-hybridized carbons (Fsp3) is 0.238. The SMILES string of the molecule is C=C(C)SC(=C)c1cc2sc3cc(C(=C)SC(=C)CCOCC)sc3c2s1. The highest BCUT2D eigenvalue weighted by molar-refractivity contribution is 8.12. The Hall–Kier alpha value is -0.760. The lowest BCUT2D eigenvalue weighted by Gasteiger charge is -2.06. The van der Waals surface area contributed by atoms with Crippen molar-refractivity contribution in [3.63, 3.8) is 0 Å². The van der Waals surface area contributed by atoms with Crippen LogP contribution in [0.1, 0.15) is 30.0 Å². The maximum absolute atomic E-state index is 5.41. The van der Waals surface area contributed by atoms with Crippen molar-refractivity contribution >= 4 is 86.1 Å².